The molecule has 1 aromatic heterocycles. The van der Waals surface area contributed by atoms with E-state index >= 15 is 0 Å². The Morgan fingerprint density at radius 3 is 2.60 bits per heavy atom. The summed E-state index contributed by atoms with van der Waals surface area (Å²) in [6, 6.07) is 0. The lowest BCUT2D eigenvalue weighted by atomic mass is 10.4. The van der Waals surface area contributed by atoms with Crippen LogP contribution in [0.5, 0.6) is 0 Å². The molecule has 2 N–H and O–H groups in total. The fraction of sp³-hybridized carbons (Fsp3) is 0.400. The molecule has 0 atom stereocenters. The second-order valence-corrected chi connectivity index (χ2v) is 2.62. The molecule has 0 amide bonds. The minimum Gasteiger partial charge on any atom is -0.325 e. The topological polar surface area (TPSA) is 43.8 Å². The van der Waals surface area contributed by atoms with Crippen LogP contribution in [0.25, 0.3) is 0 Å². The Labute approximate surface area is 78.5 Å². The minimum absolute atomic E-state index is 0. The van der Waals surface area contributed by atoms with Crippen LogP contribution in [0.4, 0.5) is 0 Å². The van der Waals surface area contributed by atoms with Crippen LogP contribution in [0.2, 0.25) is 0 Å². The second-order valence-electron chi connectivity index (χ2n) is 1.77. The quantitative estimate of drug-likeness (QED) is 0.834. The predicted octanol–water partition coefficient (Wildman–Crippen LogP) is 1.22. The highest BCUT2D eigenvalue weighted by Crippen LogP contribution is 2.13. The molecule has 0 unspecified atom stereocenters. The maximum absolute atomic E-state index is 5.41. The number of hydrogen-bond donors (Lipinski definition) is 1. The van der Waals surface area contributed by atoms with E-state index in [9.17, 15) is 0 Å². The van der Waals surface area contributed by atoms with Crippen molar-refractivity contribution in [2.75, 3.05) is 0 Å². The van der Waals surface area contributed by atoms with Gasteiger partial charge in [-0.1, -0.05) is 0 Å². The number of nitrogens with zero attached hydrogens (tertiary/aromatic N) is 2. The van der Waals surface area contributed by atoms with Gasteiger partial charge in [-0.25, -0.2) is 0 Å². The van der Waals surface area contributed by atoms with E-state index in [0.29, 0.717) is 6.54 Å². The van der Waals surface area contributed by atoms with Gasteiger partial charge >= 0.3 is 0 Å². The number of rotatable bonds is 1. The van der Waals surface area contributed by atoms with E-state index < -0.39 is 0 Å². The van der Waals surface area contributed by atoms with Crippen molar-refractivity contribution in [2.45, 2.75) is 6.54 Å². The molecule has 1 heterocycles. The summed E-state index contributed by atoms with van der Waals surface area (Å²) in [7, 11) is 1.87. The Morgan fingerprint density at radius 1 is 1.80 bits per heavy atom. The van der Waals surface area contributed by atoms with E-state index in [1.807, 2.05) is 7.05 Å². The van der Waals surface area contributed by atoms with Crippen LogP contribution in [0.3, 0.4) is 0 Å². The van der Waals surface area contributed by atoms with Gasteiger partial charge in [0.15, 0.2) is 0 Å². The number of halogens is 2. The fourth-order valence-corrected chi connectivity index (χ4v) is 1.18. The zero-order valence-corrected chi connectivity index (χ0v) is 8.84. The third kappa shape index (κ3) is 1.81. The van der Waals surface area contributed by atoms with Crippen LogP contribution in [-0.4, -0.2) is 9.78 Å². The van der Waals surface area contributed by atoms with Crippen molar-refractivity contribution in [3.8, 4) is 0 Å². The zero-order chi connectivity index (χ0) is 6.85. The number of aromatic nitrogens is 2. The van der Waals surface area contributed by atoms with Crippen molar-refractivity contribution >= 4 is 32.9 Å². The highest BCUT2D eigenvalue weighted by molar-refractivity contribution is 9.10. The van der Waals surface area contributed by atoms with E-state index in [1.54, 1.807) is 10.9 Å². The van der Waals surface area contributed by atoms with Crippen LogP contribution >= 0.6 is 32.9 Å². The smallest absolute Gasteiger partial charge is 0.0658 e. The molecule has 58 valence electrons. The van der Waals surface area contributed by atoms with Crippen molar-refractivity contribution < 1.29 is 0 Å². The van der Waals surface area contributed by atoms with Crippen LogP contribution in [0, 0.1) is 0 Å². The molecule has 1 aromatic rings. The summed E-state index contributed by atoms with van der Waals surface area (Å²) in [5, 5.41) is 3.98. The van der Waals surface area contributed by atoms with Gasteiger partial charge < -0.3 is 5.73 Å². The molecular formula is C5H9Br2N3. The van der Waals surface area contributed by atoms with Gasteiger partial charge in [0.05, 0.1) is 16.4 Å². The van der Waals surface area contributed by atoms with E-state index in [4.69, 9.17) is 5.73 Å². The summed E-state index contributed by atoms with van der Waals surface area (Å²) >= 11 is 3.31. The molecule has 10 heavy (non-hydrogen) atoms. The lowest BCUT2D eigenvalue weighted by Gasteiger charge is -1.95. The van der Waals surface area contributed by atoms with Gasteiger partial charge in [0.25, 0.3) is 0 Å². The summed E-state index contributed by atoms with van der Waals surface area (Å²) in [5.74, 6) is 0. The van der Waals surface area contributed by atoms with Crippen LogP contribution in [0.1, 0.15) is 5.69 Å². The first kappa shape index (κ1) is 10.1. The Kier molecular flexibility index (Phi) is 4.15. The molecule has 3 nitrogen and oxygen atoms in total. The van der Waals surface area contributed by atoms with Gasteiger partial charge in [-0.05, 0) is 15.9 Å². The first-order chi connectivity index (χ1) is 4.25. The standard InChI is InChI=1S/C5H8BrN3.BrH/c1-9-5(2-7)4(6)3-8-9;/h3H,2,7H2,1H3;1H. The first-order valence-corrected chi connectivity index (χ1v) is 3.41. The molecule has 0 saturated carbocycles. The third-order valence-electron chi connectivity index (χ3n) is 1.20. The lowest BCUT2D eigenvalue weighted by molar-refractivity contribution is 0.711. The molecule has 0 aliphatic carbocycles. The molecule has 5 heteroatoms. The molecule has 0 bridgehead atoms. The van der Waals surface area contributed by atoms with E-state index in [-0.39, 0.29) is 17.0 Å². The Hall–Kier alpha value is 0.130. The fourth-order valence-electron chi connectivity index (χ4n) is 0.666. The van der Waals surface area contributed by atoms with E-state index in [1.165, 1.54) is 0 Å². The van der Waals surface area contributed by atoms with Gasteiger partial charge in [0.2, 0.25) is 0 Å². The van der Waals surface area contributed by atoms with Gasteiger partial charge in [-0.15, -0.1) is 17.0 Å². The van der Waals surface area contributed by atoms with Gasteiger partial charge in [0.1, 0.15) is 0 Å². The van der Waals surface area contributed by atoms with Crippen LogP contribution in [0.15, 0.2) is 10.7 Å². The SMILES string of the molecule is Br.Cn1ncc(Br)c1CN. The van der Waals surface area contributed by atoms with Gasteiger partial charge in [-0.2, -0.15) is 5.10 Å². The maximum Gasteiger partial charge on any atom is 0.0658 e. The minimum atomic E-state index is 0. The molecule has 0 spiro atoms. The van der Waals surface area contributed by atoms with Gasteiger partial charge in [0, 0.05) is 13.6 Å². The number of hydrogen-bond acceptors (Lipinski definition) is 2. The molecule has 0 aliphatic heterocycles. The third-order valence-corrected chi connectivity index (χ3v) is 1.87. The first-order valence-electron chi connectivity index (χ1n) is 2.62. The molecule has 0 aromatic carbocycles. The van der Waals surface area contributed by atoms with Crippen molar-refractivity contribution in [2.24, 2.45) is 12.8 Å². The Morgan fingerprint density at radius 2 is 2.40 bits per heavy atom. The molecule has 1 rings (SSSR count). The largest absolute Gasteiger partial charge is 0.325 e. The average Bonchev–Trinajstić information content (AvgIpc) is 2.12. The van der Waals surface area contributed by atoms with Crippen LogP contribution < -0.4 is 5.73 Å². The van der Waals surface area contributed by atoms with Crippen molar-refractivity contribution in [1.82, 2.24) is 9.78 Å². The number of nitrogens with two attached hydrogens (primary N) is 1. The predicted molar refractivity (Wildman–Crippen MR) is 49.1 cm³/mol. The Bertz CT molecular complexity index is 189. The monoisotopic (exact) mass is 269 g/mol. The molecule has 0 saturated heterocycles. The molecule has 0 radical (unpaired) electrons. The van der Waals surface area contributed by atoms with Crippen LogP contribution in [-0.2, 0) is 13.6 Å². The summed E-state index contributed by atoms with van der Waals surface area (Å²) in [6.07, 6.45) is 1.74. The van der Waals surface area contributed by atoms with Crippen molar-refractivity contribution in [1.29, 1.82) is 0 Å². The van der Waals surface area contributed by atoms with Crippen molar-refractivity contribution in [3.63, 3.8) is 0 Å². The lowest BCUT2D eigenvalue weighted by Crippen LogP contribution is -2.04. The van der Waals surface area contributed by atoms with Gasteiger partial charge in [-0.3, -0.25) is 4.68 Å². The normalized spacial score (nSPS) is 9.10. The summed E-state index contributed by atoms with van der Waals surface area (Å²) < 4.78 is 2.73. The number of aryl methyl sites for hydroxylation is 1. The van der Waals surface area contributed by atoms with E-state index in [0.717, 1.165) is 10.2 Å². The van der Waals surface area contributed by atoms with Crippen molar-refractivity contribution in [3.05, 3.63) is 16.4 Å². The summed E-state index contributed by atoms with van der Waals surface area (Å²) in [5.41, 5.74) is 6.43. The zero-order valence-electron chi connectivity index (χ0n) is 5.54. The summed E-state index contributed by atoms with van der Waals surface area (Å²) in [6.45, 7) is 0.525. The summed E-state index contributed by atoms with van der Waals surface area (Å²) in [4.78, 5) is 0. The maximum atomic E-state index is 5.41. The van der Waals surface area contributed by atoms with E-state index in [2.05, 4.69) is 21.0 Å². The molecular weight excluding hydrogens is 262 g/mol. The highest BCUT2D eigenvalue weighted by Gasteiger charge is 2.00. The molecule has 0 fully saturated rings. The average molecular weight is 271 g/mol. The second kappa shape index (κ2) is 4.10. The molecule has 0 aliphatic rings. The highest BCUT2D eigenvalue weighted by atomic mass is 79.9. The Balaban J connectivity index is 0.000000810.